The zero-order valence-electron chi connectivity index (χ0n) is 9.62. The fourth-order valence-corrected chi connectivity index (χ4v) is 3.66. The quantitative estimate of drug-likeness (QED) is 0.668. The van der Waals surface area contributed by atoms with Gasteiger partial charge in [0.2, 0.25) is 0 Å². The Morgan fingerprint density at radius 3 is 2.81 bits per heavy atom. The van der Waals surface area contributed by atoms with Gasteiger partial charge < -0.3 is 9.47 Å². The molecule has 1 aliphatic carbocycles. The van der Waals surface area contributed by atoms with E-state index in [1.165, 1.54) is 0 Å². The van der Waals surface area contributed by atoms with E-state index in [1.807, 2.05) is 6.92 Å². The van der Waals surface area contributed by atoms with Crippen molar-refractivity contribution < 1.29 is 19.1 Å². The largest absolute Gasteiger partial charge is 0.351 e. The zero-order chi connectivity index (χ0) is 11.6. The lowest BCUT2D eigenvalue weighted by molar-refractivity contribution is -0.332. The van der Waals surface area contributed by atoms with Gasteiger partial charge in [-0.05, 0) is 19.8 Å². The lowest BCUT2D eigenvalue weighted by atomic mass is 9.70. The first-order chi connectivity index (χ1) is 7.53. The van der Waals surface area contributed by atoms with Gasteiger partial charge in [-0.2, -0.15) is 0 Å². The summed E-state index contributed by atoms with van der Waals surface area (Å²) < 4.78 is 11.4. The van der Waals surface area contributed by atoms with Crippen molar-refractivity contribution in [1.29, 1.82) is 0 Å². The van der Waals surface area contributed by atoms with Gasteiger partial charge >= 0.3 is 0 Å². The summed E-state index contributed by atoms with van der Waals surface area (Å²) in [5, 5.41) is 0. The molecule has 2 heterocycles. The number of hydrogen-bond acceptors (Lipinski definition) is 4. The fraction of sp³-hybridized carbons (Fsp3) is 0.833. The topological polar surface area (TPSA) is 52.6 Å². The SMILES string of the molecule is COC12OC3CCC1(C)C(=O)C[C@@H]2C(=O)C3. The molecule has 88 valence electrons. The van der Waals surface area contributed by atoms with E-state index in [0.717, 1.165) is 12.8 Å². The summed E-state index contributed by atoms with van der Waals surface area (Å²) in [5.74, 6) is -1.10. The fourth-order valence-electron chi connectivity index (χ4n) is 3.66. The predicted molar refractivity (Wildman–Crippen MR) is 54.7 cm³/mol. The lowest BCUT2D eigenvalue weighted by Crippen LogP contribution is -2.62. The second-order valence-electron chi connectivity index (χ2n) is 5.33. The predicted octanol–water partition coefficient (Wildman–Crippen LogP) is 1.08. The Kier molecular flexibility index (Phi) is 1.91. The van der Waals surface area contributed by atoms with Crippen LogP contribution in [0.3, 0.4) is 0 Å². The highest BCUT2D eigenvalue weighted by Crippen LogP contribution is 2.59. The van der Waals surface area contributed by atoms with Crippen molar-refractivity contribution in [3.8, 4) is 0 Å². The first kappa shape index (κ1) is 10.4. The molecule has 4 nitrogen and oxygen atoms in total. The van der Waals surface area contributed by atoms with Crippen LogP contribution in [0.15, 0.2) is 0 Å². The first-order valence-electron chi connectivity index (χ1n) is 5.82. The van der Waals surface area contributed by atoms with Gasteiger partial charge in [-0.25, -0.2) is 0 Å². The van der Waals surface area contributed by atoms with Crippen LogP contribution in [0.4, 0.5) is 0 Å². The maximum Gasteiger partial charge on any atom is 0.190 e. The molecule has 3 fully saturated rings. The second kappa shape index (κ2) is 2.93. The molecule has 4 atom stereocenters. The summed E-state index contributed by atoms with van der Waals surface area (Å²) in [4.78, 5) is 24.1. The van der Waals surface area contributed by atoms with Gasteiger partial charge in [0.15, 0.2) is 5.79 Å². The van der Waals surface area contributed by atoms with Crippen LogP contribution in [0.1, 0.15) is 32.6 Å². The number of ketones is 2. The van der Waals surface area contributed by atoms with Crippen LogP contribution in [0.2, 0.25) is 0 Å². The highest BCUT2D eigenvalue weighted by Gasteiger charge is 2.70. The van der Waals surface area contributed by atoms with E-state index in [0.29, 0.717) is 6.42 Å². The van der Waals surface area contributed by atoms with Crippen molar-refractivity contribution in [2.24, 2.45) is 11.3 Å². The molecule has 0 N–H and O–H groups in total. The molecule has 4 heteroatoms. The maximum absolute atomic E-state index is 12.1. The standard InChI is InChI=1S/C12H16O4/c1-11-4-3-7-5-9(13)8(6-10(11)14)12(11,15-2)16-7/h7-8H,3-6H2,1-2H3/t7?,8-,11?,12?/m1/s1. The third-order valence-corrected chi connectivity index (χ3v) is 4.66. The summed E-state index contributed by atoms with van der Waals surface area (Å²) in [5.41, 5.74) is -0.626. The third kappa shape index (κ3) is 0.931. The van der Waals surface area contributed by atoms with Crippen molar-refractivity contribution in [2.75, 3.05) is 7.11 Å². The molecular formula is C12H16O4. The molecule has 0 aromatic rings. The lowest BCUT2D eigenvalue weighted by Gasteiger charge is -2.52. The summed E-state index contributed by atoms with van der Waals surface area (Å²) in [6.45, 7) is 1.88. The third-order valence-electron chi connectivity index (χ3n) is 4.66. The number of hydrogen-bond donors (Lipinski definition) is 0. The van der Waals surface area contributed by atoms with Crippen molar-refractivity contribution in [3.63, 3.8) is 0 Å². The van der Waals surface area contributed by atoms with Gasteiger partial charge in [0, 0.05) is 20.0 Å². The summed E-state index contributed by atoms with van der Waals surface area (Å²) in [6.07, 6.45) is 2.23. The number of fused-ring (bicyclic) bond motifs is 1. The highest BCUT2D eigenvalue weighted by atomic mass is 16.7. The Morgan fingerprint density at radius 1 is 1.38 bits per heavy atom. The Morgan fingerprint density at radius 2 is 2.12 bits per heavy atom. The van der Waals surface area contributed by atoms with Crippen LogP contribution < -0.4 is 0 Å². The monoisotopic (exact) mass is 224 g/mol. The number of rotatable bonds is 1. The maximum atomic E-state index is 12.1. The van der Waals surface area contributed by atoms with E-state index in [9.17, 15) is 9.59 Å². The van der Waals surface area contributed by atoms with Crippen LogP contribution in [0.5, 0.6) is 0 Å². The molecule has 2 aliphatic heterocycles. The number of methoxy groups -OCH3 is 1. The normalized spacial score (nSPS) is 50.9. The van der Waals surface area contributed by atoms with Crippen LogP contribution in [-0.4, -0.2) is 30.6 Å². The molecule has 2 bridgehead atoms. The average molecular weight is 224 g/mol. The molecule has 2 saturated heterocycles. The Hall–Kier alpha value is -0.740. The molecule has 3 rings (SSSR count). The summed E-state index contributed by atoms with van der Waals surface area (Å²) in [7, 11) is 1.55. The molecular weight excluding hydrogens is 208 g/mol. The van der Waals surface area contributed by atoms with E-state index >= 15 is 0 Å². The van der Waals surface area contributed by atoms with Gasteiger partial charge in [0.05, 0.1) is 17.4 Å². The molecule has 3 unspecified atom stereocenters. The highest BCUT2D eigenvalue weighted by molar-refractivity contribution is 5.97. The second-order valence-corrected chi connectivity index (χ2v) is 5.33. The van der Waals surface area contributed by atoms with Crippen LogP contribution in [0.25, 0.3) is 0 Å². The molecule has 0 aromatic heterocycles. The Bertz CT molecular complexity index is 377. The molecule has 3 aliphatic rings. The van der Waals surface area contributed by atoms with Crippen LogP contribution in [0, 0.1) is 11.3 Å². The molecule has 1 saturated carbocycles. The van der Waals surface area contributed by atoms with Gasteiger partial charge in [-0.15, -0.1) is 0 Å². The smallest absolute Gasteiger partial charge is 0.190 e. The minimum absolute atomic E-state index is 0.0531. The first-order valence-corrected chi connectivity index (χ1v) is 5.82. The van der Waals surface area contributed by atoms with Crippen molar-refractivity contribution in [2.45, 2.75) is 44.5 Å². The summed E-state index contributed by atoms with van der Waals surface area (Å²) >= 11 is 0. The molecule has 0 aromatic carbocycles. The molecule has 0 amide bonds. The van der Waals surface area contributed by atoms with Gasteiger partial charge in [-0.1, -0.05) is 0 Å². The van der Waals surface area contributed by atoms with E-state index in [-0.39, 0.29) is 30.0 Å². The minimum atomic E-state index is -0.970. The number of carbonyl (C=O) groups is 2. The van der Waals surface area contributed by atoms with Crippen molar-refractivity contribution >= 4 is 11.6 Å². The van der Waals surface area contributed by atoms with Crippen molar-refractivity contribution in [3.05, 3.63) is 0 Å². The number of carbonyl (C=O) groups excluding carboxylic acids is 2. The molecule has 0 radical (unpaired) electrons. The molecule has 16 heavy (non-hydrogen) atoms. The molecule has 0 spiro atoms. The zero-order valence-corrected chi connectivity index (χ0v) is 9.62. The van der Waals surface area contributed by atoms with Gasteiger partial charge in [0.25, 0.3) is 0 Å². The van der Waals surface area contributed by atoms with E-state index in [4.69, 9.17) is 9.47 Å². The number of Topliss-reactive ketones (excluding diaryl/α,β-unsaturated/α-hetero) is 2. The number of ether oxygens (including phenoxy) is 2. The van der Waals surface area contributed by atoms with E-state index in [1.54, 1.807) is 7.11 Å². The summed E-state index contributed by atoms with van der Waals surface area (Å²) in [6, 6.07) is 0. The van der Waals surface area contributed by atoms with E-state index < -0.39 is 11.2 Å². The van der Waals surface area contributed by atoms with Crippen molar-refractivity contribution in [1.82, 2.24) is 0 Å². The van der Waals surface area contributed by atoms with Crippen LogP contribution >= 0.6 is 0 Å². The Labute approximate surface area is 94.3 Å². The van der Waals surface area contributed by atoms with Gasteiger partial charge in [0.1, 0.15) is 11.6 Å². The van der Waals surface area contributed by atoms with Gasteiger partial charge in [-0.3, -0.25) is 9.59 Å². The Balaban J connectivity index is 2.15. The minimum Gasteiger partial charge on any atom is -0.351 e. The van der Waals surface area contributed by atoms with E-state index in [2.05, 4.69) is 0 Å². The average Bonchev–Trinajstić information content (AvgIpc) is 2.52. The van der Waals surface area contributed by atoms with Crippen LogP contribution in [-0.2, 0) is 19.1 Å².